The molecule has 3 heteroatoms. The van der Waals surface area contributed by atoms with Crippen molar-refractivity contribution in [3.8, 4) is 11.5 Å². The molecule has 0 aliphatic rings. The van der Waals surface area contributed by atoms with Crippen LogP contribution in [-0.4, -0.2) is 10.2 Å². The van der Waals surface area contributed by atoms with Crippen LogP contribution in [0.4, 0.5) is 5.69 Å². The molecule has 0 radical (unpaired) electrons. The van der Waals surface area contributed by atoms with Crippen molar-refractivity contribution in [3.63, 3.8) is 0 Å². The molecular weight excluding hydrogens is 322 g/mol. The summed E-state index contributed by atoms with van der Waals surface area (Å²) in [5.41, 5.74) is 12.9. The highest BCUT2D eigenvalue weighted by Crippen LogP contribution is 2.43. The van der Waals surface area contributed by atoms with Crippen LogP contribution in [0.15, 0.2) is 48.5 Å². The van der Waals surface area contributed by atoms with E-state index in [9.17, 15) is 10.2 Å². The fourth-order valence-electron chi connectivity index (χ4n) is 3.69. The normalized spacial score (nSPS) is 11.1. The zero-order chi connectivity index (χ0) is 19.0. The Labute approximate surface area is 154 Å². The zero-order valence-corrected chi connectivity index (χ0v) is 15.7. The van der Waals surface area contributed by atoms with Crippen molar-refractivity contribution in [2.24, 2.45) is 0 Å². The van der Waals surface area contributed by atoms with E-state index in [0.717, 1.165) is 38.9 Å². The van der Waals surface area contributed by atoms with Crippen LogP contribution in [0.5, 0.6) is 11.5 Å². The number of anilines is 1. The Bertz CT molecular complexity index is 919. The summed E-state index contributed by atoms with van der Waals surface area (Å²) in [6.07, 6.45) is 0. The van der Waals surface area contributed by atoms with Gasteiger partial charge in [-0.1, -0.05) is 47.5 Å². The summed E-state index contributed by atoms with van der Waals surface area (Å²) >= 11 is 0. The highest BCUT2D eigenvalue weighted by atomic mass is 16.3. The van der Waals surface area contributed by atoms with Gasteiger partial charge in [-0.25, -0.2) is 0 Å². The molecule has 4 N–H and O–H groups in total. The van der Waals surface area contributed by atoms with Gasteiger partial charge in [-0.15, -0.1) is 0 Å². The second-order valence-electron chi connectivity index (χ2n) is 7.14. The zero-order valence-electron chi connectivity index (χ0n) is 15.7. The third kappa shape index (κ3) is 3.25. The molecule has 26 heavy (non-hydrogen) atoms. The maximum absolute atomic E-state index is 10.8. The topological polar surface area (TPSA) is 66.5 Å². The minimum atomic E-state index is -0.310. The molecule has 0 aliphatic carbocycles. The average Bonchev–Trinajstić information content (AvgIpc) is 2.56. The number of phenolic OH excluding ortho intramolecular Hbond substituents is 2. The molecule has 0 fully saturated rings. The van der Waals surface area contributed by atoms with Gasteiger partial charge >= 0.3 is 0 Å². The lowest BCUT2D eigenvalue weighted by Gasteiger charge is -2.24. The molecule has 0 heterocycles. The molecule has 0 unspecified atom stereocenters. The van der Waals surface area contributed by atoms with E-state index in [1.54, 1.807) is 0 Å². The molecule has 0 bridgehead atoms. The molecule has 0 atom stereocenters. The Hall–Kier alpha value is -2.94. The Morgan fingerprint density at radius 1 is 0.731 bits per heavy atom. The standard InChI is InChI=1S/C23H25NO2/c1-13-8-15(3)22(25)19(10-13)21(17-6-5-7-18(24)12-17)20-11-14(2)9-16(4)23(20)26/h5-12,21,25-26H,24H2,1-4H3. The van der Waals surface area contributed by atoms with Crippen molar-refractivity contribution >= 4 is 5.69 Å². The minimum Gasteiger partial charge on any atom is -0.507 e. The van der Waals surface area contributed by atoms with Gasteiger partial charge in [0.1, 0.15) is 11.5 Å². The predicted octanol–water partition coefficient (Wildman–Crippen LogP) is 5.09. The van der Waals surface area contributed by atoms with Crippen LogP contribution in [0, 0.1) is 27.7 Å². The lowest BCUT2D eigenvalue weighted by molar-refractivity contribution is 0.454. The lowest BCUT2D eigenvalue weighted by Crippen LogP contribution is -2.07. The smallest absolute Gasteiger partial charge is 0.122 e. The summed E-state index contributed by atoms with van der Waals surface area (Å²) in [5, 5.41) is 21.6. The Balaban J connectivity index is 2.36. The first-order valence-electron chi connectivity index (χ1n) is 8.73. The highest BCUT2D eigenvalue weighted by Gasteiger charge is 2.25. The number of aromatic hydroxyl groups is 2. The fraction of sp³-hybridized carbons (Fsp3) is 0.217. The molecular formula is C23H25NO2. The summed E-state index contributed by atoms with van der Waals surface area (Å²) in [5.74, 6) is 0.193. The summed E-state index contributed by atoms with van der Waals surface area (Å²) < 4.78 is 0. The van der Waals surface area contributed by atoms with Crippen molar-refractivity contribution in [2.75, 3.05) is 5.73 Å². The molecule has 134 valence electrons. The Kier molecular flexibility index (Phi) is 4.64. The molecule has 3 nitrogen and oxygen atoms in total. The SMILES string of the molecule is Cc1cc(C)c(O)c(C(c2cccc(N)c2)c2cc(C)cc(C)c2O)c1. The summed E-state index contributed by atoms with van der Waals surface area (Å²) in [6.45, 7) is 7.80. The molecule has 0 aliphatic heterocycles. The van der Waals surface area contributed by atoms with Gasteiger partial charge in [0.15, 0.2) is 0 Å². The van der Waals surface area contributed by atoms with E-state index >= 15 is 0 Å². The van der Waals surface area contributed by atoms with Crippen LogP contribution >= 0.6 is 0 Å². The highest BCUT2D eigenvalue weighted by molar-refractivity contribution is 5.59. The minimum absolute atomic E-state index is 0.251. The first kappa shape index (κ1) is 17.9. The van der Waals surface area contributed by atoms with Crippen LogP contribution < -0.4 is 5.73 Å². The molecule has 3 aromatic rings. The van der Waals surface area contributed by atoms with Gasteiger partial charge in [0.25, 0.3) is 0 Å². The van der Waals surface area contributed by atoms with Gasteiger partial charge in [0, 0.05) is 22.7 Å². The molecule has 3 aromatic carbocycles. The van der Waals surface area contributed by atoms with E-state index in [-0.39, 0.29) is 17.4 Å². The number of phenols is 2. The largest absolute Gasteiger partial charge is 0.507 e. The van der Waals surface area contributed by atoms with Crippen molar-refractivity contribution in [3.05, 3.63) is 87.5 Å². The second-order valence-corrected chi connectivity index (χ2v) is 7.14. The molecule has 0 saturated heterocycles. The lowest BCUT2D eigenvalue weighted by atomic mass is 9.81. The Morgan fingerprint density at radius 3 is 1.69 bits per heavy atom. The van der Waals surface area contributed by atoms with Gasteiger partial charge in [-0.2, -0.15) is 0 Å². The predicted molar refractivity (Wildman–Crippen MR) is 107 cm³/mol. The number of benzene rings is 3. The molecule has 0 spiro atoms. The third-order valence-electron chi connectivity index (χ3n) is 4.81. The first-order chi connectivity index (χ1) is 12.3. The summed E-state index contributed by atoms with van der Waals surface area (Å²) in [6, 6.07) is 15.5. The van der Waals surface area contributed by atoms with Crippen molar-refractivity contribution < 1.29 is 10.2 Å². The maximum Gasteiger partial charge on any atom is 0.122 e. The number of nitrogen functional groups attached to an aromatic ring is 1. The van der Waals surface area contributed by atoms with Crippen molar-refractivity contribution in [2.45, 2.75) is 33.6 Å². The fourth-order valence-corrected chi connectivity index (χ4v) is 3.69. The van der Waals surface area contributed by atoms with Gasteiger partial charge < -0.3 is 15.9 Å². The number of aryl methyl sites for hydroxylation is 4. The van der Waals surface area contributed by atoms with E-state index in [4.69, 9.17) is 5.73 Å². The second kappa shape index (κ2) is 6.75. The number of rotatable bonds is 3. The molecule has 0 saturated carbocycles. The maximum atomic E-state index is 10.8. The third-order valence-corrected chi connectivity index (χ3v) is 4.81. The van der Waals surface area contributed by atoms with Gasteiger partial charge in [0.2, 0.25) is 0 Å². The van der Waals surface area contributed by atoms with Gasteiger partial charge in [-0.05, 0) is 56.5 Å². The Morgan fingerprint density at radius 2 is 1.23 bits per heavy atom. The van der Waals surface area contributed by atoms with Crippen molar-refractivity contribution in [1.29, 1.82) is 0 Å². The van der Waals surface area contributed by atoms with Gasteiger partial charge in [-0.3, -0.25) is 0 Å². The van der Waals surface area contributed by atoms with E-state index < -0.39 is 0 Å². The van der Waals surface area contributed by atoms with E-state index in [2.05, 4.69) is 0 Å². The molecule has 3 rings (SSSR count). The van der Waals surface area contributed by atoms with E-state index in [1.807, 2.05) is 76.2 Å². The molecule has 0 aromatic heterocycles. The number of hydrogen-bond donors (Lipinski definition) is 3. The number of nitrogens with two attached hydrogens (primary N) is 1. The summed E-state index contributed by atoms with van der Waals surface area (Å²) in [4.78, 5) is 0. The van der Waals surface area contributed by atoms with Crippen LogP contribution in [0.3, 0.4) is 0 Å². The quantitative estimate of drug-likeness (QED) is 0.456. The van der Waals surface area contributed by atoms with E-state index in [1.165, 1.54) is 0 Å². The summed E-state index contributed by atoms with van der Waals surface area (Å²) in [7, 11) is 0. The van der Waals surface area contributed by atoms with Crippen LogP contribution in [0.2, 0.25) is 0 Å². The monoisotopic (exact) mass is 347 g/mol. The van der Waals surface area contributed by atoms with Crippen molar-refractivity contribution in [1.82, 2.24) is 0 Å². The van der Waals surface area contributed by atoms with Gasteiger partial charge in [0.05, 0.1) is 0 Å². The average molecular weight is 347 g/mol. The van der Waals surface area contributed by atoms with Crippen LogP contribution in [0.25, 0.3) is 0 Å². The van der Waals surface area contributed by atoms with Crippen LogP contribution in [0.1, 0.15) is 44.9 Å². The first-order valence-corrected chi connectivity index (χ1v) is 8.73. The molecule has 0 amide bonds. The van der Waals surface area contributed by atoms with E-state index in [0.29, 0.717) is 5.69 Å². The van der Waals surface area contributed by atoms with Crippen LogP contribution in [-0.2, 0) is 0 Å². The number of hydrogen-bond acceptors (Lipinski definition) is 3.